The molecule has 0 aromatic carbocycles. The highest BCUT2D eigenvalue weighted by Gasteiger charge is 2.23. The lowest BCUT2D eigenvalue weighted by atomic mass is 9.79. The minimum Gasteiger partial charge on any atom is -0.375 e. The Kier molecular flexibility index (Phi) is 5.65. The van der Waals surface area contributed by atoms with Crippen LogP contribution < -0.4 is 11.1 Å². The Labute approximate surface area is 91.5 Å². The zero-order valence-corrected chi connectivity index (χ0v) is 9.50. The molecule has 1 saturated carbocycles. The van der Waals surface area contributed by atoms with Gasteiger partial charge in [0.05, 0.1) is 0 Å². The average molecular weight is 214 g/mol. The fraction of sp³-hybridized carbons (Fsp3) is 0.909. The summed E-state index contributed by atoms with van der Waals surface area (Å²) >= 11 is 0. The predicted octanol–water partition coefficient (Wildman–Crippen LogP) is 0.514. The lowest BCUT2D eigenvalue weighted by Crippen LogP contribution is -2.38. The zero-order chi connectivity index (χ0) is 11.1. The predicted molar refractivity (Wildman–Crippen MR) is 59.4 cm³/mol. The molecule has 1 fully saturated rings. The molecule has 0 aromatic heterocycles. The maximum Gasteiger partial charge on any atom is 0.245 e. The van der Waals surface area contributed by atoms with E-state index in [0.29, 0.717) is 11.8 Å². The molecule has 0 aliphatic heterocycles. The summed E-state index contributed by atoms with van der Waals surface area (Å²) < 4.78 is 4.76. The normalized spacial score (nSPS) is 26.3. The quantitative estimate of drug-likeness (QED) is 0.701. The summed E-state index contributed by atoms with van der Waals surface area (Å²) in [5, 5.41) is 2.90. The van der Waals surface area contributed by atoms with E-state index in [1.807, 2.05) is 0 Å². The van der Waals surface area contributed by atoms with E-state index in [4.69, 9.17) is 10.5 Å². The summed E-state index contributed by atoms with van der Waals surface area (Å²) in [6, 6.07) is 0. The summed E-state index contributed by atoms with van der Waals surface area (Å²) in [7, 11) is 1.53. The van der Waals surface area contributed by atoms with Gasteiger partial charge in [0.25, 0.3) is 0 Å². The Bertz CT molecular complexity index is 197. The topological polar surface area (TPSA) is 64.3 Å². The van der Waals surface area contributed by atoms with Gasteiger partial charge in [-0.25, -0.2) is 0 Å². The smallest absolute Gasteiger partial charge is 0.245 e. The fourth-order valence-corrected chi connectivity index (χ4v) is 2.29. The number of amides is 1. The third-order valence-corrected chi connectivity index (χ3v) is 3.21. The molecule has 1 aliphatic carbocycles. The van der Waals surface area contributed by atoms with Crippen LogP contribution in [0.1, 0.15) is 25.7 Å². The molecule has 2 atom stereocenters. The molecule has 0 heterocycles. The van der Waals surface area contributed by atoms with Crippen LogP contribution in [0.4, 0.5) is 0 Å². The highest BCUT2D eigenvalue weighted by Crippen LogP contribution is 2.28. The van der Waals surface area contributed by atoms with E-state index < -0.39 is 0 Å². The average Bonchev–Trinajstić information content (AvgIpc) is 2.27. The first-order chi connectivity index (χ1) is 7.27. The van der Waals surface area contributed by atoms with Crippen LogP contribution >= 0.6 is 0 Å². The highest BCUT2D eigenvalue weighted by atomic mass is 16.5. The SMILES string of the molecule is COCC(=O)NCC1CCCCC1CN. The van der Waals surface area contributed by atoms with Gasteiger partial charge in [0.15, 0.2) is 0 Å². The molecule has 4 nitrogen and oxygen atoms in total. The van der Waals surface area contributed by atoms with Gasteiger partial charge < -0.3 is 15.8 Å². The first-order valence-corrected chi connectivity index (χ1v) is 5.73. The zero-order valence-electron chi connectivity index (χ0n) is 9.50. The van der Waals surface area contributed by atoms with Gasteiger partial charge in [-0.1, -0.05) is 12.8 Å². The Morgan fingerprint density at radius 2 is 2.07 bits per heavy atom. The Morgan fingerprint density at radius 3 is 2.67 bits per heavy atom. The monoisotopic (exact) mass is 214 g/mol. The third-order valence-electron chi connectivity index (χ3n) is 3.21. The van der Waals surface area contributed by atoms with Crippen molar-refractivity contribution in [1.82, 2.24) is 5.32 Å². The number of carbonyl (C=O) groups excluding carboxylic acids is 1. The summed E-state index contributed by atoms with van der Waals surface area (Å²) in [6.45, 7) is 1.65. The molecular weight excluding hydrogens is 192 g/mol. The maximum absolute atomic E-state index is 11.2. The van der Waals surface area contributed by atoms with Crippen LogP contribution in [-0.2, 0) is 9.53 Å². The minimum absolute atomic E-state index is 0.0288. The van der Waals surface area contributed by atoms with Crippen LogP contribution in [0.5, 0.6) is 0 Å². The summed E-state index contributed by atoms with van der Waals surface area (Å²) in [4.78, 5) is 11.2. The summed E-state index contributed by atoms with van der Waals surface area (Å²) in [5.41, 5.74) is 5.72. The number of nitrogens with one attached hydrogen (secondary N) is 1. The van der Waals surface area contributed by atoms with Crippen LogP contribution in [0.2, 0.25) is 0 Å². The van der Waals surface area contributed by atoms with Gasteiger partial charge in [0.1, 0.15) is 6.61 Å². The van der Waals surface area contributed by atoms with Crippen molar-refractivity contribution >= 4 is 5.91 Å². The van der Waals surface area contributed by atoms with E-state index in [0.717, 1.165) is 13.1 Å². The molecule has 1 aliphatic rings. The van der Waals surface area contributed by atoms with Gasteiger partial charge in [-0.15, -0.1) is 0 Å². The van der Waals surface area contributed by atoms with Crippen LogP contribution in [0.25, 0.3) is 0 Å². The maximum atomic E-state index is 11.2. The number of methoxy groups -OCH3 is 1. The van der Waals surface area contributed by atoms with Crippen LogP contribution in [0, 0.1) is 11.8 Å². The van der Waals surface area contributed by atoms with Gasteiger partial charge >= 0.3 is 0 Å². The third kappa shape index (κ3) is 4.18. The van der Waals surface area contributed by atoms with Crippen molar-refractivity contribution in [2.45, 2.75) is 25.7 Å². The number of hydrogen-bond acceptors (Lipinski definition) is 3. The van der Waals surface area contributed by atoms with Crippen molar-refractivity contribution in [3.8, 4) is 0 Å². The first kappa shape index (κ1) is 12.5. The molecule has 88 valence electrons. The highest BCUT2D eigenvalue weighted by molar-refractivity contribution is 5.77. The van der Waals surface area contributed by atoms with Crippen molar-refractivity contribution < 1.29 is 9.53 Å². The molecule has 0 bridgehead atoms. The Balaban J connectivity index is 2.26. The lowest BCUT2D eigenvalue weighted by Gasteiger charge is -2.30. The molecule has 0 spiro atoms. The largest absolute Gasteiger partial charge is 0.375 e. The second kappa shape index (κ2) is 6.80. The summed E-state index contributed by atoms with van der Waals surface area (Å²) in [6.07, 6.45) is 4.95. The van der Waals surface area contributed by atoms with Crippen LogP contribution in [0.15, 0.2) is 0 Å². The summed E-state index contributed by atoms with van der Waals surface area (Å²) in [5.74, 6) is 1.12. The number of carbonyl (C=O) groups is 1. The van der Waals surface area contributed by atoms with Crippen molar-refractivity contribution in [3.63, 3.8) is 0 Å². The Morgan fingerprint density at radius 1 is 1.40 bits per heavy atom. The molecule has 3 N–H and O–H groups in total. The number of rotatable bonds is 5. The molecule has 15 heavy (non-hydrogen) atoms. The van der Waals surface area contributed by atoms with E-state index in [1.54, 1.807) is 0 Å². The van der Waals surface area contributed by atoms with Gasteiger partial charge in [-0.3, -0.25) is 4.79 Å². The molecule has 1 rings (SSSR count). The lowest BCUT2D eigenvalue weighted by molar-refractivity contribution is -0.125. The molecule has 0 saturated heterocycles. The van der Waals surface area contributed by atoms with E-state index in [-0.39, 0.29) is 12.5 Å². The molecular formula is C11H22N2O2. The van der Waals surface area contributed by atoms with E-state index in [2.05, 4.69) is 5.32 Å². The minimum atomic E-state index is -0.0288. The van der Waals surface area contributed by atoms with Gasteiger partial charge in [-0.2, -0.15) is 0 Å². The van der Waals surface area contributed by atoms with Crippen LogP contribution in [-0.4, -0.2) is 32.7 Å². The van der Waals surface area contributed by atoms with Crippen molar-refractivity contribution in [1.29, 1.82) is 0 Å². The number of hydrogen-bond donors (Lipinski definition) is 2. The van der Waals surface area contributed by atoms with Gasteiger partial charge in [0.2, 0.25) is 5.91 Å². The van der Waals surface area contributed by atoms with E-state index in [9.17, 15) is 4.79 Å². The van der Waals surface area contributed by atoms with Gasteiger partial charge in [0, 0.05) is 13.7 Å². The molecule has 1 amide bonds. The second-order valence-corrected chi connectivity index (χ2v) is 4.28. The fourth-order valence-electron chi connectivity index (χ4n) is 2.29. The number of ether oxygens (including phenoxy) is 1. The standard InChI is InChI=1S/C11H22N2O2/c1-15-8-11(14)13-7-10-5-3-2-4-9(10)6-12/h9-10H,2-8,12H2,1H3,(H,13,14). The number of nitrogens with two attached hydrogens (primary N) is 1. The second-order valence-electron chi connectivity index (χ2n) is 4.28. The van der Waals surface area contributed by atoms with E-state index in [1.165, 1.54) is 32.8 Å². The first-order valence-electron chi connectivity index (χ1n) is 5.73. The van der Waals surface area contributed by atoms with Gasteiger partial charge in [-0.05, 0) is 31.2 Å². The van der Waals surface area contributed by atoms with Crippen LogP contribution in [0.3, 0.4) is 0 Å². The Hall–Kier alpha value is -0.610. The molecule has 0 aromatic rings. The molecule has 2 unspecified atom stereocenters. The molecule has 0 radical (unpaired) electrons. The van der Waals surface area contributed by atoms with E-state index >= 15 is 0 Å². The van der Waals surface area contributed by atoms with Crippen molar-refractivity contribution in [2.75, 3.05) is 26.8 Å². The molecule has 4 heteroatoms. The van der Waals surface area contributed by atoms with Crippen molar-refractivity contribution in [2.24, 2.45) is 17.6 Å². The van der Waals surface area contributed by atoms with Crippen molar-refractivity contribution in [3.05, 3.63) is 0 Å².